The Morgan fingerprint density at radius 1 is 1.33 bits per heavy atom. The van der Waals surface area contributed by atoms with Crippen molar-refractivity contribution in [1.29, 1.82) is 0 Å². The van der Waals surface area contributed by atoms with Crippen LogP contribution < -0.4 is 5.32 Å². The van der Waals surface area contributed by atoms with Gasteiger partial charge in [-0.3, -0.25) is 19.6 Å². The number of aromatic nitrogens is 2. The second kappa shape index (κ2) is 5.56. The van der Waals surface area contributed by atoms with Gasteiger partial charge in [0.15, 0.2) is 5.69 Å². The Kier molecular flexibility index (Phi) is 3.61. The van der Waals surface area contributed by atoms with Gasteiger partial charge in [0.1, 0.15) is 11.6 Å². The van der Waals surface area contributed by atoms with Crippen molar-refractivity contribution in [3.05, 3.63) is 17.0 Å². The Morgan fingerprint density at radius 3 is 2.83 bits per heavy atom. The van der Waals surface area contributed by atoms with Crippen molar-refractivity contribution in [2.24, 2.45) is 0 Å². The summed E-state index contributed by atoms with van der Waals surface area (Å²) in [6.45, 7) is 2.11. The molecule has 2 saturated heterocycles. The second-order valence-corrected chi connectivity index (χ2v) is 7.08. The minimum atomic E-state index is -0.353. The number of nitrogens with one attached hydrogen (secondary N) is 2. The van der Waals surface area contributed by atoms with E-state index in [1.165, 1.54) is 0 Å². The number of ether oxygens (including phenoxy) is 1. The fraction of sp³-hybridized carbons (Fsp3) is 0.688. The third kappa shape index (κ3) is 2.32. The Morgan fingerprint density at radius 2 is 2.12 bits per heavy atom. The van der Waals surface area contributed by atoms with E-state index in [0.29, 0.717) is 31.9 Å². The Balaban J connectivity index is 1.39. The lowest BCUT2D eigenvalue weighted by Crippen LogP contribution is -2.73. The molecule has 1 atom stereocenters. The third-order valence-corrected chi connectivity index (χ3v) is 5.42. The lowest BCUT2D eigenvalue weighted by molar-refractivity contribution is -0.187. The fourth-order valence-electron chi connectivity index (χ4n) is 4.07. The Labute approximate surface area is 140 Å². The van der Waals surface area contributed by atoms with Gasteiger partial charge < -0.3 is 15.0 Å². The summed E-state index contributed by atoms with van der Waals surface area (Å²) < 4.78 is 5.97. The van der Waals surface area contributed by atoms with Gasteiger partial charge in [0.05, 0.1) is 19.7 Å². The van der Waals surface area contributed by atoms with Gasteiger partial charge in [-0.05, 0) is 26.3 Å². The molecule has 2 amide bonds. The fourth-order valence-corrected chi connectivity index (χ4v) is 4.07. The molecular weight excluding hydrogens is 310 g/mol. The summed E-state index contributed by atoms with van der Waals surface area (Å²) in [5.41, 5.74) is 2.41. The van der Waals surface area contributed by atoms with Crippen molar-refractivity contribution < 1.29 is 14.3 Å². The number of likely N-dealkylation sites (tertiary alicyclic amines) is 1. The van der Waals surface area contributed by atoms with E-state index in [1.807, 2.05) is 11.9 Å². The number of H-pyrrole nitrogens is 1. The molecule has 24 heavy (non-hydrogen) atoms. The van der Waals surface area contributed by atoms with Crippen LogP contribution in [0.5, 0.6) is 0 Å². The maximum Gasteiger partial charge on any atom is 0.274 e. The van der Waals surface area contributed by atoms with Crippen LogP contribution in [0.1, 0.15) is 28.2 Å². The summed E-state index contributed by atoms with van der Waals surface area (Å²) in [6.07, 6.45) is 3.00. The number of likely N-dealkylation sites (N-methyl/N-ethyl adjacent to an activating group) is 2. The molecule has 8 nitrogen and oxygen atoms in total. The monoisotopic (exact) mass is 333 g/mol. The smallest absolute Gasteiger partial charge is 0.274 e. The van der Waals surface area contributed by atoms with Crippen LogP contribution in [0.4, 0.5) is 0 Å². The number of aryl methyl sites for hydroxylation is 1. The maximum absolute atomic E-state index is 12.7. The highest BCUT2D eigenvalue weighted by atomic mass is 16.5. The molecule has 3 heterocycles. The molecule has 1 aliphatic carbocycles. The average Bonchev–Trinajstić information content (AvgIpc) is 3.14. The standard InChI is InChI=1S/C16H23N5O3/c1-17-14(22)12-6-24-16(7-20(12)2)8-21(9-16)15(23)13-10-4-3-5-11(10)18-19-13/h12H,3-9H2,1-2H3,(H,17,22)(H,18,19)/t12-/m1/s1. The van der Waals surface area contributed by atoms with Crippen molar-refractivity contribution in [1.82, 2.24) is 25.3 Å². The molecule has 0 unspecified atom stereocenters. The number of carbonyl (C=O) groups is 2. The molecule has 0 radical (unpaired) electrons. The van der Waals surface area contributed by atoms with Gasteiger partial charge >= 0.3 is 0 Å². The molecule has 4 rings (SSSR count). The van der Waals surface area contributed by atoms with E-state index in [0.717, 1.165) is 30.5 Å². The van der Waals surface area contributed by atoms with Gasteiger partial charge in [-0.2, -0.15) is 5.10 Å². The first-order valence-electron chi connectivity index (χ1n) is 8.44. The first kappa shape index (κ1) is 15.6. The molecule has 3 aliphatic rings. The van der Waals surface area contributed by atoms with Crippen LogP contribution in [0.25, 0.3) is 0 Å². The van der Waals surface area contributed by atoms with Crippen LogP contribution in [0.2, 0.25) is 0 Å². The molecule has 1 spiro atoms. The minimum absolute atomic E-state index is 0.0142. The van der Waals surface area contributed by atoms with Crippen LogP contribution >= 0.6 is 0 Å². The quantitative estimate of drug-likeness (QED) is 0.737. The van der Waals surface area contributed by atoms with E-state index in [2.05, 4.69) is 15.5 Å². The Hall–Kier alpha value is -1.93. The van der Waals surface area contributed by atoms with Crippen LogP contribution in [-0.4, -0.2) is 83.8 Å². The molecule has 2 aliphatic heterocycles. The first-order chi connectivity index (χ1) is 11.5. The Bertz CT molecular complexity index is 679. The van der Waals surface area contributed by atoms with E-state index in [4.69, 9.17) is 4.74 Å². The highest BCUT2D eigenvalue weighted by Crippen LogP contribution is 2.33. The predicted molar refractivity (Wildman–Crippen MR) is 85.7 cm³/mol. The van der Waals surface area contributed by atoms with Crippen molar-refractivity contribution >= 4 is 11.8 Å². The zero-order valence-electron chi connectivity index (χ0n) is 14.1. The molecular formula is C16H23N5O3. The lowest BCUT2D eigenvalue weighted by atomic mass is 9.90. The number of morpholine rings is 1. The van der Waals surface area contributed by atoms with Gasteiger partial charge in [0, 0.05) is 24.8 Å². The molecule has 0 aromatic carbocycles. The van der Waals surface area contributed by atoms with Crippen LogP contribution in [0, 0.1) is 0 Å². The lowest BCUT2D eigenvalue weighted by Gasteiger charge is -2.54. The van der Waals surface area contributed by atoms with E-state index in [9.17, 15) is 9.59 Å². The van der Waals surface area contributed by atoms with Crippen molar-refractivity contribution in [3.63, 3.8) is 0 Å². The van der Waals surface area contributed by atoms with Gasteiger partial charge in [0.2, 0.25) is 5.91 Å². The summed E-state index contributed by atoms with van der Waals surface area (Å²) in [6, 6.07) is -0.264. The number of nitrogens with zero attached hydrogens (tertiary/aromatic N) is 3. The number of amides is 2. The summed E-state index contributed by atoms with van der Waals surface area (Å²) in [7, 11) is 3.56. The summed E-state index contributed by atoms with van der Waals surface area (Å²) in [5.74, 6) is -0.0496. The van der Waals surface area contributed by atoms with Crippen LogP contribution in [0.3, 0.4) is 0 Å². The second-order valence-electron chi connectivity index (χ2n) is 7.08. The van der Waals surface area contributed by atoms with Gasteiger partial charge in [0.25, 0.3) is 5.91 Å². The normalized spacial score (nSPS) is 25.4. The van der Waals surface area contributed by atoms with Gasteiger partial charge in [-0.15, -0.1) is 0 Å². The molecule has 0 saturated carbocycles. The van der Waals surface area contributed by atoms with Crippen molar-refractivity contribution in [2.75, 3.05) is 40.3 Å². The van der Waals surface area contributed by atoms with Gasteiger partial charge in [-0.25, -0.2) is 0 Å². The molecule has 2 N–H and O–H groups in total. The largest absolute Gasteiger partial charge is 0.368 e. The topological polar surface area (TPSA) is 90.6 Å². The molecule has 130 valence electrons. The summed E-state index contributed by atoms with van der Waals surface area (Å²) in [4.78, 5) is 28.3. The number of hydrogen-bond acceptors (Lipinski definition) is 5. The molecule has 2 fully saturated rings. The third-order valence-electron chi connectivity index (χ3n) is 5.42. The van der Waals surface area contributed by atoms with Crippen LogP contribution in [0.15, 0.2) is 0 Å². The molecule has 0 bridgehead atoms. The average molecular weight is 333 g/mol. The molecule has 1 aromatic rings. The van der Waals surface area contributed by atoms with Crippen molar-refractivity contribution in [3.8, 4) is 0 Å². The highest BCUT2D eigenvalue weighted by molar-refractivity contribution is 5.95. The van der Waals surface area contributed by atoms with E-state index < -0.39 is 0 Å². The molecule has 8 heteroatoms. The minimum Gasteiger partial charge on any atom is -0.368 e. The zero-order chi connectivity index (χ0) is 16.9. The van der Waals surface area contributed by atoms with E-state index in [1.54, 1.807) is 11.9 Å². The van der Waals surface area contributed by atoms with E-state index in [-0.39, 0.29) is 23.5 Å². The summed E-state index contributed by atoms with van der Waals surface area (Å²) in [5, 5.41) is 9.87. The molecule has 1 aromatic heterocycles. The predicted octanol–water partition coefficient (Wildman–Crippen LogP) is -0.830. The maximum atomic E-state index is 12.7. The number of hydrogen-bond donors (Lipinski definition) is 2. The SMILES string of the molecule is CNC(=O)[C@H]1COC2(CN(C(=O)c3n[nH]c4c3CCC4)C2)CN1C. The summed E-state index contributed by atoms with van der Waals surface area (Å²) >= 11 is 0. The first-order valence-corrected chi connectivity index (χ1v) is 8.44. The number of fused-ring (bicyclic) bond motifs is 1. The van der Waals surface area contributed by atoms with E-state index >= 15 is 0 Å². The number of carbonyl (C=O) groups excluding carboxylic acids is 2. The zero-order valence-corrected chi connectivity index (χ0v) is 14.1. The van der Waals surface area contributed by atoms with Crippen LogP contribution in [-0.2, 0) is 22.4 Å². The number of rotatable bonds is 2. The van der Waals surface area contributed by atoms with Gasteiger partial charge in [-0.1, -0.05) is 0 Å². The highest BCUT2D eigenvalue weighted by Gasteiger charge is 2.51. The van der Waals surface area contributed by atoms with Crippen molar-refractivity contribution in [2.45, 2.75) is 30.9 Å². The number of aromatic amines is 1.